The van der Waals surface area contributed by atoms with E-state index in [-0.39, 0.29) is 178 Å². The molecule has 2 radical (unpaired) electrons. The molecule has 10 unspecified atom stereocenters. The van der Waals surface area contributed by atoms with Gasteiger partial charge in [-0.3, -0.25) is 24.4 Å². The van der Waals surface area contributed by atoms with Gasteiger partial charge in [-0.05, 0) is 217 Å². The average Bonchev–Trinajstić information content (AvgIpc) is 1.65. The fourth-order valence-corrected chi connectivity index (χ4v) is 17.6. The molecule has 0 bridgehead atoms. The molecule has 137 heavy (non-hydrogen) atoms. The molecule has 0 spiro atoms. The minimum absolute atomic E-state index is 0. The Bertz CT molecular complexity index is 4800. The summed E-state index contributed by atoms with van der Waals surface area (Å²) in [6.07, 6.45) is 26.2. The molecule has 722 valence electrons. The van der Waals surface area contributed by atoms with Crippen molar-refractivity contribution in [2.24, 2.45) is 0 Å². The quantitative estimate of drug-likeness (QED) is 0.0124. The molecule has 0 amide bonds. The Morgan fingerprint density at radius 2 is 0.847 bits per heavy atom. The van der Waals surface area contributed by atoms with Gasteiger partial charge in [0.25, 0.3) is 0 Å². The molecule has 17 rings (SSSR count). The van der Waals surface area contributed by atoms with Gasteiger partial charge < -0.3 is 41.1 Å². The number of benzene rings is 11. The number of aliphatic hydroxyl groups excluding tert-OH is 5. The van der Waals surface area contributed by atoms with E-state index in [2.05, 4.69) is 218 Å². The Morgan fingerprint density at radius 3 is 1.27 bits per heavy atom. The summed E-state index contributed by atoms with van der Waals surface area (Å²) in [5, 5.41) is 52.2. The van der Waals surface area contributed by atoms with E-state index in [1.165, 1.54) is 45.4 Å². The molecule has 6 fully saturated rings. The summed E-state index contributed by atoms with van der Waals surface area (Å²) in [7, 11) is 5.17. The summed E-state index contributed by atoms with van der Waals surface area (Å²) < 4.78 is 5.55. The van der Waals surface area contributed by atoms with Crippen LogP contribution in [0, 0.1) is 112 Å². The molecule has 0 aromatic heterocycles. The minimum atomic E-state index is -0.387. The van der Waals surface area contributed by atoms with Crippen LogP contribution in [0.4, 0.5) is 0 Å². The molecule has 21 heteroatoms. The number of ether oxygens (including phenoxy) is 1. The Labute approximate surface area is 943 Å². The van der Waals surface area contributed by atoms with Crippen molar-refractivity contribution in [1.29, 1.82) is 0 Å². The number of hydrogen-bond donors (Lipinski definition) is 6. The van der Waals surface area contributed by atoms with Crippen LogP contribution in [0.3, 0.4) is 0 Å². The molecule has 6 heterocycles. The van der Waals surface area contributed by atoms with Gasteiger partial charge in [0.1, 0.15) is 6.10 Å². The van der Waals surface area contributed by atoms with Crippen LogP contribution >= 0.6 is 62.3 Å². The first-order valence-electron chi connectivity index (χ1n) is 47.2. The predicted octanol–water partition coefficient (Wildman–Crippen LogP) is 22.1. The number of piperidine rings is 4. The second-order valence-electron chi connectivity index (χ2n) is 33.2. The van der Waals surface area contributed by atoms with E-state index in [1.807, 2.05) is 200 Å². The van der Waals surface area contributed by atoms with Crippen molar-refractivity contribution >= 4 is 74.2 Å². The van der Waals surface area contributed by atoms with E-state index in [0.717, 1.165) is 194 Å². The standard InChI is InChI=1S/2C18H21NO.2C12H17NO.C11H13ClO.C11H13Cl.C11H11Cl.C11H13NO.C8H6.C3H6BrCl.CH4O.2Ac.Na.H2O/c20-17-12-7-13-19(14-15-8-3-1-4-9-15)18(17)16-10-5-2-6-11-16;20-18(16-10-5-2-6-11-16)17-12-7-13-19(17)14-15-8-3-1-4-9-15;2*1-13-9-5-8-11(14)12(13)10-6-3-2-4-7-10;12-8-4-7-10-11(13-10)9-5-2-1-3-6-9;2*12-10-6-2-5-9-11-7-3-1-4-8-11;13-10-7-4-8-12-11(10)9-5-2-1-3-6-9;1-2-8-6-4-3-5-7-8;4-2-1-3-5;1-2;;;;/h2*1-6,8-11,17-18,20H,7,12-14H2;2*2-4,6-7,11-12,14H,5,8-9H2,1H3;1-3,5-6,10-11H,4,7-8H2;1,3-5,7-9H,2,6,10H2;1,3-4,7-8H,2,6,10H2;1-3,5-6,11-12H,4,7-8H2;1,3-7H;1-3H2;2H,1H3;;;;1H2/q;;;;;;;;;;;;;+1;/p-1/b;;;;;9-5-;;;;;;;;;/t;;;;;;;11-;;;;;;;/m.......0......./s1. The third kappa shape index (κ3) is 50.4. The number of Topliss-reactive ketones (excluding diaryl/α,β-unsaturated/α-hetero) is 1. The number of unbranched alkanes of at least 4 members (excludes halogenated alkanes) is 2. The summed E-state index contributed by atoms with van der Waals surface area (Å²) >= 11 is 25.2. The number of likely N-dealkylation sites (tertiary alicyclic amines) is 4. The second kappa shape index (κ2) is 79.4. The fourth-order valence-electron chi connectivity index (χ4n) is 16.5. The van der Waals surface area contributed by atoms with Gasteiger partial charge in [0.2, 0.25) is 0 Å². The second-order valence-corrected chi connectivity index (χ2v) is 35.5. The van der Waals surface area contributed by atoms with Crippen LogP contribution in [0.25, 0.3) is 6.08 Å². The van der Waals surface area contributed by atoms with E-state index in [4.69, 9.17) is 62.7 Å². The Morgan fingerprint density at radius 1 is 0.467 bits per heavy atom. The number of rotatable bonds is 22. The number of nitrogens with zero attached hydrogens (tertiary/aromatic N) is 4. The number of terminal acetylenes is 1. The summed E-state index contributed by atoms with van der Waals surface area (Å²) in [4.78, 5) is 20.8. The van der Waals surface area contributed by atoms with Crippen LogP contribution in [0.5, 0.6) is 0 Å². The number of halogens is 5. The van der Waals surface area contributed by atoms with Crippen LogP contribution in [-0.4, -0.2) is 170 Å². The van der Waals surface area contributed by atoms with E-state index < -0.39 is 0 Å². The number of nitrogens with one attached hydrogen (secondary N) is 1. The summed E-state index contributed by atoms with van der Waals surface area (Å²) in [5.41, 5.74) is 13.0. The van der Waals surface area contributed by atoms with E-state index >= 15 is 0 Å². The van der Waals surface area contributed by atoms with Gasteiger partial charge in [0.05, 0.1) is 54.7 Å². The zero-order chi connectivity index (χ0) is 94.9. The number of ketones is 1. The van der Waals surface area contributed by atoms with Gasteiger partial charge in [-0.25, -0.2) is 0 Å². The predicted molar refractivity (Wildman–Crippen MR) is 564 cm³/mol. The molecule has 11 aromatic rings. The van der Waals surface area contributed by atoms with Crippen LogP contribution in [0.2, 0.25) is 0 Å². The largest absolute Gasteiger partial charge is 1.00 e. The Balaban J connectivity index is 0.000000395. The van der Waals surface area contributed by atoms with Crippen molar-refractivity contribution in [2.75, 3.05) is 82.8 Å². The van der Waals surface area contributed by atoms with Crippen molar-refractivity contribution < 1.29 is 158 Å². The number of carbonyl (C=O) groups excluding carboxylic acids is 1. The first-order chi connectivity index (χ1) is 65.3. The van der Waals surface area contributed by atoms with Gasteiger partial charge in [-0.1, -0.05) is 355 Å². The van der Waals surface area contributed by atoms with Crippen molar-refractivity contribution in [3.8, 4) is 24.2 Å². The van der Waals surface area contributed by atoms with Crippen molar-refractivity contribution in [2.45, 2.75) is 189 Å². The van der Waals surface area contributed by atoms with E-state index in [9.17, 15) is 25.2 Å². The number of carbonyl (C=O) groups is 1. The number of allylic oxidation sites excluding steroid dienone is 1. The molecule has 6 saturated heterocycles. The van der Waals surface area contributed by atoms with Gasteiger partial charge in [-0.15, -0.1) is 52.8 Å². The summed E-state index contributed by atoms with van der Waals surface area (Å²) in [6.45, 7) is 7.06. The monoisotopic (exact) mass is 2430 g/mol. The number of alkyl halides is 5. The topological polar surface area (TPSA) is 186 Å². The van der Waals surface area contributed by atoms with Gasteiger partial charge in [-0.2, -0.15) is 0 Å². The van der Waals surface area contributed by atoms with Gasteiger partial charge in [0, 0.05) is 167 Å². The maximum atomic E-state index is 11.5. The Hall–Kier alpha value is -5.01. The molecule has 11 atom stereocenters. The van der Waals surface area contributed by atoms with Crippen LogP contribution in [0.15, 0.2) is 340 Å². The normalized spacial score (nSPS) is 19.6. The molecular formula is C116H143Ac2BrCl4N5NaO8. The van der Waals surface area contributed by atoms with Crippen LogP contribution < -0.4 is 34.9 Å². The fraction of sp³-hybridized carbons (Fsp3) is 0.371. The van der Waals surface area contributed by atoms with E-state index in [0.29, 0.717) is 30.3 Å². The molecular weight excluding hydrogens is 2290 g/mol. The number of aliphatic hydroxyl groups is 5. The molecule has 7 N–H and O–H groups in total. The van der Waals surface area contributed by atoms with Crippen LogP contribution in [-0.2, 0) is 22.6 Å². The zero-order valence-corrected chi connectivity index (χ0v) is 96.8. The molecule has 6 aliphatic heterocycles. The van der Waals surface area contributed by atoms with Gasteiger partial charge in [0.15, 0.2) is 5.78 Å². The third-order valence-corrected chi connectivity index (χ3v) is 24.8. The zero-order valence-electron chi connectivity index (χ0n) is 80.7. The third-order valence-electron chi connectivity index (χ3n) is 23.2. The molecule has 13 nitrogen and oxygen atoms in total. The number of likely N-dealkylation sites (N-methyl/N-ethyl adjacent to an activating group) is 2. The summed E-state index contributed by atoms with van der Waals surface area (Å²) in [6, 6.07) is 113. The SMILES string of the molecule is C#Cc1ccccc1.CN1CCCC(O)C1c1ccccc1.CN1CCCC(O)C1c1ccccc1.CO.ClCCC/C=C\c1ccccc1.ClCCCBr.ClCCCC#Cc1ccccc1.ClCCCC1OC1c1ccccc1.O=C1CCCN[C@H]1c1ccccc1.OC(c1ccccc1)C1CCCN1Cc1ccccc1.OC1CCCN(Cc2ccccc2)C1c1ccccc1.[Ac].[Ac].[Na+].[OH-]. The number of epoxide rings is 1. The van der Waals surface area contributed by atoms with E-state index in [1.54, 1.807) is 0 Å². The van der Waals surface area contributed by atoms with Crippen molar-refractivity contribution in [3.05, 3.63) is 401 Å². The number of hydrogen-bond acceptors (Lipinski definition) is 13. The molecule has 11 aromatic carbocycles. The van der Waals surface area contributed by atoms with Gasteiger partial charge >= 0.3 is 29.6 Å². The molecule has 6 aliphatic rings. The molecule has 0 aliphatic carbocycles. The van der Waals surface area contributed by atoms with Crippen LogP contribution in [0.1, 0.15) is 207 Å². The first kappa shape index (κ1) is 126. The first-order valence-corrected chi connectivity index (χ1v) is 50.4. The Kier molecular flexibility index (Phi) is 73.1. The molecule has 0 saturated carbocycles. The maximum absolute atomic E-state index is 11.5. The minimum Gasteiger partial charge on any atom is -0.870 e. The average molecular weight is 2430 g/mol. The summed E-state index contributed by atoms with van der Waals surface area (Å²) in [5.74, 6) is 11.9. The van der Waals surface area contributed by atoms with Crippen molar-refractivity contribution in [3.63, 3.8) is 0 Å². The smallest absolute Gasteiger partial charge is 0.870 e. The maximum Gasteiger partial charge on any atom is 1.00 e. The van der Waals surface area contributed by atoms with Crippen molar-refractivity contribution in [1.82, 2.24) is 24.9 Å².